The van der Waals surface area contributed by atoms with Gasteiger partial charge in [0.25, 0.3) is 0 Å². The van der Waals surface area contributed by atoms with E-state index in [-0.39, 0.29) is 5.91 Å². The van der Waals surface area contributed by atoms with Crippen LogP contribution in [-0.4, -0.2) is 5.91 Å². The molecule has 1 N–H and O–H groups in total. The molecule has 2 nitrogen and oxygen atoms in total. The molecular formula is C20H15NO. The smallest absolute Gasteiger partial charge is 0.243 e. The van der Waals surface area contributed by atoms with Crippen LogP contribution in [-0.2, 0) is 11.3 Å². The lowest BCUT2D eigenvalue weighted by atomic mass is 9.92. The van der Waals surface area contributed by atoms with E-state index in [9.17, 15) is 4.79 Å². The van der Waals surface area contributed by atoms with Crippen molar-refractivity contribution < 1.29 is 4.79 Å². The molecule has 0 unspecified atom stereocenters. The van der Waals surface area contributed by atoms with Crippen molar-refractivity contribution in [2.75, 3.05) is 0 Å². The van der Waals surface area contributed by atoms with Crippen molar-refractivity contribution in [3.05, 3.63) is 72.8 Å². The number of carbonyl (C=O) groups excluding carboxylic acids is 1. The second-order valence-corrected chi connectivity index (χ2v) is 5.50. The predicted molar refractivity (Wildman–Crippen MR) is 92.2 cm³/mol. The minimum absolute atomic E-state index is 0.148. The minimum atomic E-state index is -0.148. The summed E-state index contributed by atoms with van der Waals surface area (Å²) in [6.45, 7) is 4.00. The fraction of sp³-hybridized carbons (Fsp3) is 0.0500. The lowest BCUT2D eigenvalue weighted by molar-refractivity contribution is -0.116. The Morgan fingerprint density at radius 2 is 1.55 bits per heavy atom. The van der Waals surface area contributed by atoms with E-state index < -0.39 is 0 Å². The van der Waals surface area contributed by atoms with Gasteiger partial charge in [0.15, 0.2) is 0 Å². The van der Waals surface area contributed by atoms with E-state index in [1.807, 2.05) is 0 Å². The Morgan fingerprint density at radius 3 is 2.27 bits per heavy atom. The van der Waals surface area contributed by atoms with Gasteiger partial charge in [-0.05, 0) is 44.0 Å². The topological polar surface area (TPSA) is 29.1 Å². The van der Waals surface area contributed by atoms with Gasteiger partial charge in [-0.2, -0.15) is 0 Å². The predicted octanol–water partition coefficient (Wildman–Crippen LogP) is 4.39. The molecule has 0 saturated carbocycles. The van der Waals surface area contributed by atoms with Crippen molar-refractivity contribution >= 4 is 38.2 Å². The van der Waals surface area contributed by atoms with Gasteiger partial charge in [0.05, 0.1) is 0 Å². The third-order valence-electron chi connectivity index (χ3n) is 4.26. The zero-order valence-corrected chi connectivity index (χ0v) is 12.1. The molecule has 0 bridgehead atoms. The summed E-state index contributed by atoms with van der Waals surface area (Å²) >= 11 is 0. The Balaban J connectivity index is 2.00. The summed E-state index contributed by atoms with van der Waals surface area (Å²) in [4.78, 5) is 11.4. The average Bonchev–Trinajstić information content (AvgIpc) is 2.58. The molecule has 106 valence electrons. The number of carbonyl (C=O) groups is 1. The number of rotatable bonds is 3. The summed E-state index contributed by atoms with van der Waals surface area (Å²) in [6.07, 6.45) is 1.30. The van der Waals surface area contributed by atoms with Crippen LogP contribution in [0.5, 0.6) is 0 Å². The van der Waals surface area contributed by atoms with Gasteiger partial charge in [0.2, 0.25) is 5.91 Å². The Morgan fingerprint density at radius 1 is 0.909 bits per heavy atom. The SMILES string of the molecule is C=CC(=O)NCc1ccc2ccc3cccc4ccc1c2c34. The molecule has 0 aromatic heterocycles. The first-order valence-electron chi connectivity index (χ1n) is 7.33. The van der Waals surface area contributed by atoms with Crippen molar-refractivity contribution in [3.8, 4) is 0 Å². The van der Waals surface area contributed by atoms with Crippen LogP contribution in [0.2, 0.25) is 0 Å². The maximum atomic E-state index is 11.4. The van der Waals surface area contributed by atoms with Crippen molar-refractivity contribution in [2.45, 2.75) is 6.54 Å². The molecular weight excluding hydrogens is 270 g/mol. The molecule has 4 aromatic rings. The third-order valence-corrected chi connectivity index (χ3v) is 4.26. The van der Waals surface area contributed by atoms with Crippen molar-refractivity contribution in [2.24, 2.45) is 0 Å². The molecule has 0 atom stereocenters. The van der Waals surface area contributed by atoms with Gasteiger partial charge in [-0.1, -0.05) is 61.2 Å². The van der Waals surface area contributed by atoms with Crippen LogP contribution >= 0.6 is 0 Å². The van der Waals surface area contributed by atoms with Crippen molar-refractivity contribution in [1.82, 2.24) is 5.32 Å². The molecule has 0 aliphatic heterocycles. The normalized spacial score (nSPS) is 11.3. The van der Waals surface area contributed by atoms with Crippen molar-refractivity contribution in [3.63, 3.8) is 0 Å². The second kappa shape index (κ2) is 4.85. The molecule has 0 spiro atoms. The molecule has 2 heteroatoms. The molecule has 0 fully saturated rings. The summed E-state index contributed by atoms with van der Waals surface area (Å²) in [5.41, 5.74) is 1.13. The van der Waals surface area contributed by atoms with Gasteiger partial charge in [0.1, 0.15) is 0 Å². The summed E-state index contributed by atoms with van der Waals surface area (Å²) in [5.74, 6) is -0.148. The summed E-state index contributed by atoms with van der Waals surface area (Å²) in [5, 5.41) is 10.4. The van der Waals surface area contributed by atoms with Crippen LogP contribution < -0.4 is 5.32 Å². The van der Waals surface area contributed by atoms with Crippen LogP contribution in [0, 0.1) is 0 Å². The fourth-order valence-electron chi connectivity index (χ4n) is 3.20. The number of amides is 1. The second-order valence-electron chi connectivity index (χ2n) is 5.50. The third kappa shape index (κ3) is 1.85. The van der Waals surface area contributed by atoms with E-state index in [0.29, 0.717) is 6.54 Å². The van der Waals surface area contributed by atoms with Crippen LogP contribution in [0.1, 0.15) is 5.56 Å². The molecule has 0 saturated heterocycles. The average molecular weight is 285 g/mol. The van der Waals surface area contributed by atoms with Gasteiger partial charge in [-0.25, -0.2) is 0 Å². The molecule has 0 heterocycles. The zero-order valence-electron chi connectivity index (χ0n) is 12.1. The minimum Gasteiger partial charge on any atom is -0.348 e. The highest BCUT2D eigenvalue weighted by Crippen LogP contribution is 2.35. The number of hydrogen-bond acceptors (Lipinski definition) is 1. The molecule has 0 aliphatic carbocycles. The van der Waals surface area contributed by atoms with Crippen LogP contribution in [0.25, 0.3) is 32.3 Å². The Hall–Kier alpha value is -2.87. The maximum Gasteiger partial charge on any atom is 0.243 e. The molecule has 22 heavy (non-hydrogen) atoms. The summed E-state index contributed by atoms with van der Waals surface area (Å²) in [6, 6.07) is 19.2. The molecule has 4 aromatic carbocycles. The molecule has 4 rings (SSSR count). The van der Waals surface area contributed by atoms with E-state index >= 15 is 0 Å². The number of nitrogens with one attached hydrogen (secondary N) is 1. The van der Waals surface area contributed by atoms with Gasteiger partial charge in [-0.15, -0.1) is 0 Å². The van der Waals surface area contributed by atoms with Gasteiger partial charge in [0, 0.05) is 6.54 Å². The standard InChI is InChI=1S/C20H15NO/c1-2-18(22)21-12-16-9-8-15-7-6-13-4-3-5-14-10-11-17(16)20(15)19(13)14/h2-11H,1,12H2,(H,21,22). The molecule has 0 aliphatic rings. The Bertz CT molecular complexity index is 1000. The highest BCUT2D eigenvalue weighted by atomic mass is 16.1. The highest BCUT2D eigenvalue weighted by molar-refractivity contribution is 6.23. The zero-order chi connectivity index (χ0) is 15.1. The van der Waals surface area contributed by atoms with Crippen molar-refractivity contribution in [1.29, 1.82) is 0 Å². The highest BCUT2D eigenvalue weighted by Gasteiger charge is 2.10. The number of benzene rings is 4. The van der Waals surface area contributed by atoms with Crippen LogP contribution in [0.4, 0.5) is 0 Å². The van der Waals surface area contributed by atoms with E-state index in [2.05, 4.69) is 66.5 Å². The largest absolute Gasteiger partial charge is 0.348 e. The summed E-state index contributed by atoms with van der Waals surface area (Å²) in [7, 11) is 0. The number of hydrogen-bond donors (Lipinski definition) is 1. The molecule has 0 radical (unpaired) electrons. The maximum absolute atomic E-state index is 11.4. The van der Waals surface area contributed by atoms with E-state index in [1.54, 1.807) is 0 Å². The van der Waals surface area contributed by atoms with E-state index in [4.69, 9.17) is 0 Å². The van der Waals surface area contributed by atoms with E-state index in [1.165, 1.54) is 38.4 Å². The summed E-state index contributed by atoms with van der Waals surface area (Å²) < 4.78 is 0. The lowest BCUT2D eigenvalue weighted by Crippen LogP contribution is -2.20. The fourth-order valence-corrected chi connectivity index (χ4v) is 3.20. The first-order chi connectivity index (χ1) is 10.8. The molecule has 1 amide bonds. The monoisotopic (exact) mass is 285 g/mol. The van der Waals surface area contributed by atoms with E-state index in [0.717, 1.165) is 5.56 Å². The first kappa shape index (κ1) is 12.8. The van der Waals surface area contributed by atoms with Crippen LogP contribution in [0.3, 0.4) is 0 Å². The first-order valence-corrected chi connectivity index (χ1v) is 7.33. The van der Waals surface area contributed by atoms with Crippen LogP contribution in [0.15, 0.2) is 67.3 Å². The quantitative estimate of drug-likeness (QED) is 0.439. The van der Waals surface area contributed by atoms with Gasteiger partial charge < -0.3 is 5.32 Å². The Labute approximate surface area is 128 Å². The lowest BCUT2D eigenvalue weighted by Gasteiger charge is -2.14. The Kier molecular flexibility index (Phi) is 2.83. The van der Waals surface area contributed by atoms with Gasteiger partial charge >= 0.3 is 0 Å². The van der Waals surface area contributed by atoms with Gasteiger partial charge in [-0.3, -0.25) is 4.79 Å².